The zero-order valence-electron chi connectivity index (χ0n) is 17.7. The highest BCUT2D eigenvalue weighted by Crippen LogP contribution is 2.52. The summed E-state index contributed by atoms with van der Waals surface area (Å²) in [6.45, 7) is 2.93. The van der Waals surface area contributed by atoms with Crippen LogP contribution in [0, 0.1) is 5.92 Å². The maximum atomic E-state index is 12.4. The maximum absolute atomic E-state index is 12.4. The summed E-state index contributed by atoms with van der Waals surface area (Å²) in [6.07, 6.45) is 5.21. The first-order valence-corrected chi connectivity index (χ1v) is 11.3. The van der Waals surface area contributed by atoms with Gasteiger partial charge >= 0.3 is 0 Å². The summed E-state index contributed by atoms with van der Waals surface area (Å²) in [6, 6.07) is 16.9. The molecule has 6 rings (SSSR count). The second-order valence-corrected chi connectivity index (χ2v) is 9.76. The number of ether oxygens (including phenoxy) is 1. The Kier molecular flexibility index (Phi) is 4.06. The van der Waals surface area contributed by atoms with Crippen LogP contribution in [0.5, 0.6) is 5.75 Å². The van der Waals surface area contributed by atoms with Crippen LogP contribution in [0.15, 0.2) is 48.5 Å². The fourth-order valence-electron chi connectivity index (χ4n) is 6.12. The molecule has 2 heterocycles. The molecule has 4 nitrogen and oxygen atoms in total. The fraction of sp³-hybridized carbons (Fsp3) is 0.462. The zero-order chi connectivity index (χ0) is 20.3. The lowest BCUT2D eigenvalue weighted by molar-refractivity contribution is -0.103. The first-order chi connectivity index (χ1) is 14.6. The molecule has 1 aliphatic heterocycles. The van der Waals surface area contributed by atoms with E-state index in [4.69, 9.17) is 4.74 Å². The molecule has 0 amide bonds. The summed E-state index contributed by atoms with van der Waals surface area (Å²) < 4.78 is 5.55. The minimum atomic E-state index is -0.787. The summed E-state index contributed by atoms with van der Waals surface area (Å²) in [7, 11) is 1.72. The Morgan fingerprint density at radius 3 is 2.83 bits per heavy atom. The van der Waals surface area contributed by atoms with E-state index in [1.54, 1.807) is 7.11 Å². The molecule has 30 heavy (non-hydrogen) atoms. The van der Waals surface area contributed by atoms with Gasteiger partial charge in [0.2, 0.25) is 0 Å². The molecule has 1 saturated carbocycles. The van der Waals surface area contributed by atoms with Crippen molar-refractivity contribution in [2.75, 3.05) is 26.7 Å². The number of H-pyrrole nitrogens is 1. The quantitative estimate of drug-likeness (QED) is 0.692. The molecule has 0 spiro atoms. The molecule has 2 fully saturated rings. The van der Waals surface area contributed by atoms with Crippen LogP contribution in [-0.2, 0) is 18.3 Å². The van der Waals surface area contributed by atoms with Gasteiger partial charge in [-0.2, -0.15) is 0 Å². The van der Waals surface area contributed by atoms with Gasteiger partial charge in [0, 0.05) is 47.9 Å². The number of methoxy groups -OCH3 is 1. The molecule has 0 radical (unpaired) electrons. The monoisotopic (exact) mass is 402 g/mol. The maximum Gasteiger partial charge on any atom is 0.119 e. The highest BCUT2D eigenvalue weighted by molar-refractivity contribution is 5.85. The van der Waals surface area contributed by atoms with E-state index in [2.05, 4.69) is 52.3 Å². The van der Waals surface area contributed by atoms with Gasteiger partial charge in [0.15, 0.2) is 0 Å². The summed E-state index contributed by atoms with van der Waals surface area (Å²) in [5.41, 5.74) is 3.90. The molecule has 3 aliphatic rings. The van der Waals surface area contributed by atoms with E-state index in [9.17, 15) is 5.11 Å². The lowest BCUT2D eigenvalue weighted by Gasteiger charge is -2.56. The lowest BCUT2D eigenvalue weighted by Crippen LogP contribution is -2.66. The number of rotatable bonds is 4. The van der Waals surface area contributed by atoms with Crippen LogP contribution < -0.4 is 4.74 Å². The van der Waals surface area contributed by atoms with Gasteiger partial charge in [0.1, 0.15) is 5.75 Å². The van der Waals surface area contributed by atoms with Crippen molar-refractivity contribution in [2.45, 2.75) is 43.1 Å². The number of hydrogen-bond donors (Lipinski definition) is 2. The molecule has 2 atom stereocenters. The molecule has 1 saturated heterocycles. The van der Waals surface area contributed by atoms with Crippen LogP contribution in [0.3, 0.4) is 0 Å². The normalized spacial score (nSPS) is 28.9. The van der Waals surface area contributed by atoms with Gasteiger partial charge < -0.3 is 19.7 Å². The minimum Gasteiger partial charge on any atom is -0.497 e. The van der Waals surface area contributed by atoms with Crippen molar-refractivity contribution >= 4 is 10.9 Å². The van der Waals surface area contributed by atoms with Crippen molar-refractivity contribution in [3.8, 4) is 5.75 Å². The first-order valence-electron chi connectivity index (χ1n) is 11.3. The fourth-order valence-corrected chi connectivity index (χ4v) is 6.12. The smallest absolute Gasteiger partial charge is 0.119 e. The number of fused-ring (bicyclic) bond motifs is 4. The van der Waals surface area contributed by atoms with E-state index < -0.39 is 5.60 Å². The predicted molar refractivity (Wildman–Crippen MR) is 119 cm³/mol. The number of likely N-dealkylation sites (tertiary alicyclic amines) is 1. The van der Waals surface area contributed by atoms with Gasteiger partial charge in [-0.15, -0.1) is 0 Å². The number of nitrogens with one attached hydrogen (secondary N) is 1. The molecule has 0 unspecified atom stereocenters. The number of β-amino-alcohol motifs (C(OH)–C–C–N with tert-alkyl or cyclic N) is 1. The van der Waals surface area contributed by atoms with E-state index in [0.717, 1.165) is 44.1 Å². The van der Waals surface area contributed by atoms with E-state index in [1.165, 1.54) is 40.6 Å². The third-order valence-electron chi connectivity index (χ3n) is 7.92. The minimum absolute atomic E-state index is 0.296. The summed E-state index contributed by atoms with van der Waals surface area (Å²) >= 11 is 0. The number of aliphatic hydroxyl groups is 1. The molecule has 1 aromatic heterocycles. The van der Waals surface area contributed by atoms with Gasteiger partial charge in [0.25, 0.3) is 0 Å². The van der Waals surface area contributed by atoms with Gasteiger partial charge in [-0.05, 0) is 61.1 Å². The van der Waals surface area contributed by atoms with Crippen LogP contribution >= 0.6 is 0 Å². The van der Waals surface area contributed by atoms with Crippen LogP contribution in [0.4, 0.5) is 0 Å². The van der Waals surface area contributed by atoms with Crippen molar-refractivity contribution in [1.82, 2.24) is 9.88 Å². The molecule has 2 aromatic carbocycles. The SMILES string of the molecule is COc1cccc([C@]23CCN(CC4CC4)C[C@]2(O)Cc2c([nH]c4ccccc24)C3)c1. The Labute approximate surface area is 177 Å². The second kappa shape index (κ2) is 6.60. The van der Waals surface area contributed by atoms with Crippen molar-refractivity contribution in [1.29, 1.82) is 0 Å². The molecular formula is C26H30N2O2. The Morgan fingerprint density at radius 1 is 1.13 bits per heavy atom. The van der Waals surface area contributed by atoms with E-state index in [-0.39, 0.29) is 5.41 Å². The molecule has 4 heteroatoms. The number of benzene rings is 2. The van der Waals surface area contributed by atoms with Gasteiger partial charge in [-0.1, -0.05) is 30.3 Å². The third kappa shape index (κ3) is 2.74. The number of aromatic nitrogens is 1. The van der Waals surface area contributed by atoms with Crippen LogP contribution in [0.25, 0.3) is 10.9 Å². The summed E-state index contributed by atoms with van der Waals surface area (Å²) in [5, 5.41) is 13.7. The summed E-state index contributed by atoms with van der Waals surface area (Å²) in [5.74, 6) is 1.71. The van der Waals surface area contributed by atoms with Gasteiger partial charge in [0.05, 0.1) is 12.7 Å². The van der Waals surface area contributed by atoms with Crippen molar-refractivity contribution in [3.05, 3.63) is 65.4 Å². The zero-order valence-corrected chi connectivity index (χ0v) is 17.7. The highest BCUT2D eigenvalue weighted by atomic mass is 16.5. The Bertz CT molecular complexity index is 1100. The standard InChI is InChI=1S/C26H30N2O2/c1-30-20-6-4-5-19(13-20)25-11-12-28(16-18-9-10-18)17-26(25,29)14-22-21-7-2-3-8-23(21)27-24(22)15-25/h2-8,13,18,27,29H,9-12,14-17H2,1H3/t25-,26-/m1/s1. The highest BCUT2D eigenvalue weighted by Gasteiger charge is 2.57. The molecule has 3 aromatic rings. The van der Waals surface area contributed by atoms with Gasteiger partial charge in [-0.25, -0.2) is 0 Å². The number of hydrogen-bond acceptors (Lipinski definition) is 3. The average Bonchev–Trinajstić information content (AvgIpc) is 3.51. The topological polar surface area (TPSA) is 48.5 Å². The third-order valence-corrected chi connectivity index (χ3v) is 7.92. The first kappa shape index (κ1) is 18.5. The molecular weight excluding hydrogens is 372 g/mol. The average molecular weight is 403 g/mol. The number of aromatic amines is 1. The van der Waals surface area contributed by atoms with Crippen molar-refractivity contribution < 1.29 is 9.84 Å². The van der Waals surface area contributed by atoms with E-state index >= 15 is 0 Å². The Hall–Kier alpha value is -2.30. The summed E-state index contributed by atoms with van der Waals surface area (Å²) in [4.78, 5) is 6.21. The van der Waals surface area contributed by atoms with Crippen molar-refractivity contribution in [2.24, 2.45) is 5.92 Å². The lowest BCUT2D eigenvalue weighted by atomic mass is 9.56. The van der Waals surface area contributed by atoms with E-state index in [0.29, 0.717) is 6.42 Å². The Morgan fingerprint density at radius 2 is 2.00 bits per heavy atom. The Balaban J connectivity index is 1.49. The van der Waals surface area contributed by atoms with Gasteiger partial charge in [-0.3, -0.25) is 0 Å². The largest absolute Gasteiger partial charge is 0.497 e. The molecule has 2 aliphatic carbocycles. The van der Waals surface area contributed by atoms with Crippen molar-refractivity contribution in [3.63, 3.8) is 0 Å². The molecule has 0 bridgehead atoms. The molecule has 156 valence electrons. The van der Waals surface area contributed by atoms with Crippen LogP contribution in [0.1, 0.15) is 36.1 Å². The van der Waals surface area contributed by atoms with E-state index in [1.807, 2.05) is 6.07 Å². The number of piperidine rings is 1. The van der Waals surface area contributed by atoms with Crippen LogP contribution in [-0.4, -0.2) is 47.3 Å². The number of nitrogens with zero attached hydrogens (tertiary/aromatic N) is 1. The van der Waals surface area contributed by atoms with Crippen LogP contribution in [0.2, 0.25) is 0 Å². The number of para-hydroxylation sites is 1. The molecule has 2 N–H and O–H groups in total. The second-order valence-electron chi connectivity index (χ2n) is 9.76. The predicted octanol–water partition coefficient (Wildman–Crippen LogP) is 4.06.